The number of aromatic nitrogens is 5. The molecule has 0 radical (unpaired) electrons. The van der Waals surface area contributed by atoms with Gasteiger partial charge in [-0.25, -0.2) is 19.4 Å². The Kier molecular flexibility index (Phi) is 3.34. The average Bonchev–Trinajstić information content (AvgIpc) is 3.16. The van der Waals surface area contributed by atoms with Crippen molar-refractivity contribution in [2.45, 2.75) is 19.0 Å². The number of nitrogens with one attached hydrogen (secondary N) is 1. The molecule has 116 valence electrons. The molecule has 23 heavy (non-hydrogen) atoms. The number of hydrogen-bond donors (Lipinski definition) is 1. The van der Waals surface area contributed by atoms with E-state index in [4.69, 9.17) is 4.74 Å². The maximum Gasteiger partial charge on any atom is 0.328 e. The van der Waals surface area contributed by atoms with Crippen LogP contribution in [0.3, 0.4) is 0 Å². The summed E-state index contributed by atoms with van der Waals surface area (Å²) in [7, 11) is 0. The van der Waals surface area contributed by atoms with E-state index in [-0.39, 0.29) is 5.97 Å². The SMILES string of the molecule is O=C1OCC[C@@H]1Nc1ncnc2c1nnn2Cc1ccccc1. The maximum atomic E-state index is 11.6. The quantitative estimate of drug-likeness (QED) is 0.718. The molecule has 0 amide bonds. The van der Waals surface area contributed by atoms with E-state index in [1.54, 1.807) is 4.68 Å². The largest absolute Gasteiger partial charge is 0.464 e. The van der Waals surface area contributed by atoms with Gasteiger partial charge in [0.25, 0.3) is 0 Å². The molecule has 1 fully saturated rings. The van der Waals surface area contributed by atoms with Crippen LogP contribution >= 0.6 is 0 Å². The number of esters is 1. The van der Waals surface area contributed by atoms with E-state index < -0.39 is 6.04 Å². The molecule has 1 atom stereocenters. The summed E-state index contributed by atoms with van der Waals surface area (Å²) in [5, 5.41) is 11.4. The predicted octanol–water partition coefficient (Wildman–Crippen LogP) is 0.997. The van der Waals surface area contributed by atoms with Crippen LogP contribution in [0.2, 0.25) is 0 Å². The molecule has 0 unspecified atom stereocenters. The van der Waals surface area contributed by atoms with Crippen LogP contribution in [0.1, 0.15) is 12.0 Å². The molecule has 4 rings (SSSR count). The van der Waals surface area contributed by atoms with Crippen molar-refractivity contribution in [3.63, 3.8) is 0 Å². The van der Waals surface area contributed by atoms with Crippen LogP contribution in [0, 0.1) is 0 Å². The lowest BCUT2D eigenvalue weighted by atomic mass is 10.2. The number of nitrogens with zero attached hydrogens (tertiary/aromatic N) is 5. The third-order valence-electron chi connectivity index (χ3n) is 3.72. The lowest BCUT2D eigenvalue weighted by Gasteiger charge is -2.09. The van der Waals surface area contributed by atoms with Crippen LogP contribution in [0.25, 0.3) is 11.2 Å². The zero-order valence-corrected chi connectivity index (χ0v) is 12.2. The van der Waals surface area contributed by atoms with E-state index in [2.05, 4.69) is 25.6 Å². The average molecular weight is 310 g/mol. The highest BCUT2D eigenvalue weighted by Gasteiger charge is 2.27. The van der Waals surface area contributed by atoms with Gasteiger partial charge < -0.3 is 10.1 Å². The molecule has 0 spiro atoms. The van der Waals surface area contributed by atoms with E-state index in [1.165, 1.54) is 6.33 Å². The van der Waals surface area contributed by atoms with Gasteiger partial charge in [-0.1, -0.05) is 35.5 Å². The van der Waals surface area contributed by atoms with E-state index in [0.717, 1.165) is 5.56 Å². The minimum absolute atomic E-state index is 0.270. The molecule has 1 aromatic carbocycles. The first kappa shape index (κ1) is 13.6. The molecule has 1 N–H and O–H groups in total. The number of hydrogen-bond acceptors (Lipinski definition) is 7. The number of anilines is 1. The third kappa shape index (κ3) is 2.59. The van der Waals surface area contributed by atoms with Crippen LogP contribution in [0.15, 0.2) is 36.7 Å². The molecule has 1 saturated heterocycles. The van der Waals surface area contributed by atoms with Crippen molar-refractivity contribution < 1.29 is 9.53 Å². The van der Waals surface area contributed by atoms with Gasteiger partial charge in [0, 0.05) is 6.42 Å². The molecule has 0 saturated carbocycles. The van der Waals surface area contributed by atoms with Gasteiger partial charge in [-0.05, 0) is 5.56 Å². The molecule has 1 aliphatic rings. The second-order valence-corrected chi connectivity index (χ2v) is 5.28. The van der Waals surface area contributed by atoms with Crippen LogP contribution in [0.4, 0.5) is 5.82 Å². The lowest BCUT2D eigenvalue weighted by molar-refractivity contribution is -0.138. The van der Waals surface area contributed by atoms with Crippen molar-refractivity contribution >= 4 is 23.0 Å². The van der Waals surface area contributed by atoms with Gasteiger partial charge >= 0.3 is 5.97 Å². The molecule has 3 heterocycles. The maximum absolute atomic E-state index is 11.6. The number of ether oxygens (including phenoxy) is 1. The minimum Gasteiger partial charge on any atom is -0.464 e. The van der Waals surface area contributed by atoms with Gasteiger partial charge in [-0.3, -0.25) is 0 Å². The summed E-state index contributed by atoms with van der Waals surface area (Å²) < 4.78 is 6.66. The van der Waals surface area contributed by atoms with E-state index in [9.17, 15) is 4.79 Å². The summed E-state index contributed by atoms with van der Waals surface area (Å²) in [4.78, 5) is 20.0. The first-order valence-electron chi connectivity index (χ1n) is 7.32. The summed E-state index contributed by atoms with van der Waals surface area (Å²) >= 11 is 0. The third-order valence-corrected chi connectivity index (χ3v) is 3.72. The zero-order chi connectivity index (χ0) is 15.6. The predicted molar refractivity (Wildman–Crippen MR) is 81.6 cm³/mol. The summed E-state index contributed by atoms with van der Waals surface area (Å²) in [6.07, 6.45) is 2.05. The second-order valence-electron chi connectivity index (χ2n) is 5.28. The van der Waals surface area contributed by atoms with Crippen molar-refractivity contribution in [2.75, 3.05) is 11.9 Å². The molecule has 8 heteroatoms. The smallest absolute Gasteiger partial charge is 0.328 e. The number of carbonyl (C=O) groups is 1. The van der Waals surface area contributed by atoms with Crippen LogP contribution in [-0.2, 0) is 16.1 Å². The Labute approximate surface area is 131 Å². The van der Waals surface area contributed by atoms with Gasteiger partial charge in [-0.15, -0.1) is 5.10 Å². The van der Waals surface area contributed by atoms with Gasteiger partial charge in [0.15, 0.2) is 17.0 Å². The summed E-state index contributed by atoms with van der Waals surface area (Å²) in [5.41, 5.74) is 2.27. The summed E-state index contributed by atoms with van der Waals surface area (Å²) in [6.45, 7) is 0.991. The van der Waals surface area contributed by atoms with E-state index >= 15 is 0 Å². The van der Waals surface area contributed by atoms with Gasteiger partial charge in [0.2, 0.25) is 0 Å². The molecular formula is C15H14N6O2. The molecule has 3 aromatic rings. The van der Waals surface area contributed by atoms with Crippen LogP contribution in [-0.4, -0.2) is 43.6 Å². The van der Waals surface area contributed by atoms with Crippen LogP contribution in [0.5, 0.6) is 0 Å². The Balaban J connectivity index is 1.65. The molecular weight excluding hydrogens is 296 g/mol. The highest BCUT2D eigenvalue weighted by atomic mass is 16.5. The Morgan fingerprint density at radius 2 is 2.13 bits per heavy atom. The minimum atomic E-state index is -0.396. The monoisotopic (exact) mass is 310 g/mol. The van der Waals surface area contributed by atoms with Crippen molar-refractivity contribution in [3.05, 3.63) is 42.2 Å². The van der Waals surface area contributed by atoms with Crippen molar-refractivity contribution in [1.29, 1.82) is 0 Å². The fraction of sp³-hybridized carbons (Fsp3) is 0.267. The molecule has 0 bridgehead atoms. The molecule has 8 nitrogen and oxygen atoms in total. The van der Waals surface area contributed by atoms with Crippen molar-refractivity contribution in [2.24, 2.45) is 0 Å². The second kappa shape index (κ2) is 5.64. The number of cyclic esters (lactones) is 1. The van der Waals surface area contributed by atoms with E-state index in [1.807, 2.05) is 30.3 Å². The van der Waals surface area contributed by atoms with Crippen molar-refractivity contribution in [1.82, 2.24) is 25.0 Å². The normalized spacial score (nSPS) is 17.4. The fourth-order valence-corrected chi connectivity index (χ4v) is 2.55. The molecule has 0 aliphatic carbocycles. The van der Waals surface area contributed by atoms with Gasteiger partial charge in [0.05, 0.1) is 13.2 Å². The first-order chi connectivity index (χ1) is 11.3. The number of rotatable bonds is 4. The highest BCUT2D eigenvalue weighted by Crippen LogP contribution is 2.20. The van der Waals surface area contributed by atoms with Crippen molar-refractivity contribution in [3.8, 4) is 0 Å². The lowest BCUT2D eigenvalue weighted by Crippen LogP contribution is -2.25. The van der Waals surface area contributed by atoms with Crippen LogP contribution < -0.4 is 5.32 Å². The molecule has 2 aromatic heterocycles. The first-order valence-corrected chi connectivity index (χ1v) is 7.32. The number of benzene rings is 1. The Morgan fingerprint density at radius 3 is 2.91 bits per heavy atom. The summed E-state index contributed by atoms with van der Waals surface area (Å²) in [6, 6.07) is 9.55. The molecule has 1 aliphatic heterocycles. The fourth-order valence-electron chi connectivity index (χ4n) is 2.55. The zero-order valence-electron chi connectivity index (χ0n) is 12.2. The topological polar surface area (TPSA) is 94.8 Å². The Morgan fingerprint density at radius 1 is 1.26 bits per heavy atom. The standard InChI is InChI=1S/C15H14N6O2/c22-15-11(6-7-23-15)18-13-12-14(17-9-16-13)21(20-19-12)8-10-4-2-1-3-5-10/h1-5,9,11H,6-8H2,(H,16,17,18)/t11-/m0/s1. The van der Waals surface area contributed by atoms with Gasteiger partial charge in [-0.2, -0.15) is 0 Å². The Hall–Kier alpha value is -3.03. The summed E-state index contributed by atoms with van der Waals surface area (Å²) in [5.74, 6) is 0.228. The highest BCUT2D eigenvalue weighted by molar-refractivity contribution is 5.86. The number of carbonyl (C=O) groups excluding carboxylic acids is 1. The van der Waals surface area contributed by atoms with Gasteiger partial charge in [0.1, 0.15) is 12.4 Å². The van der Waals surface area contributed by atoms with E-state index in [0.29, 0.717) is 36.6 Å². The number of fused-ring (bicyclic) bond motifs is 1. The Bertz CT molecular complexity index is 848.